The van der Waals surface area contributed by atoms with Crippen molar-refractivity contribution in [2.45, 2.75) is 40.8 Å². The van der Waals surface area contributed by atoms with Gasteiger partial charge in [0.2, 0.25) is 0 Å². The average Bonchev–Trinajstić information content (AvgIpc) is 3.12. The van der Waals surface area contributed by atoms with Gasteiger partial charge in [-0.1, -0.05) is 39.8 Å². The summed E-state index contributed by atoms with van der Waals surface area (Å²) in [6, 6.07) is 21.5. The Hall–Kier alpha value is -0.829. The molecule has 0 spiro atoms. The summed E-state index contributed by atoms with van der Waals surface area (Å²) in [6.45, 7) is 13.0. The molecule has 0 N–H and O–H groups in total. The van der Waals surface area contributed by atoms with E-state index >= 15 is 0 Å². The second kappa shape index (κ2) is 10.8. The molecule has 0 saturated heterocycles. The number of fused-ring (bicyclic) bond motifs is 2. The summed E-state index contributed by atoms with van der Waals surface area (Å²) in [4.78, 5) is 0. The number of aryl methyl sites for hydroxylation is 4. The van der Waals surface area contributed by atoms with E-state index in [0.717, 1.165) is 0 Å². The van der Waals surface area contributed by atoms with E-state index in [0.29, 0.717) is 0 Å². The Bertz CT molecular complexity index is 1010. The van der Waals surface area contributed by atoms with E-state index in [-0.39, 0.29) is 6.19 Å². The maximum absolute atomic E-state index is 5.59. The number of rotatable bonds is 0. The Labute approximate surface area is 183 Å². The van der Waals surface area contributed by atoms with Crippen LogP contribution in [0.2, 0.25) is 13.1 Å². The Morgan fingerprint density at radius 3 is 1.29 bits per heavy atom. The third-order valence-corrected chi connectivity index (χ3v) is 18.7. The molecule has 0 aliphatic rings. The molecule has 0 heterocycles. The van der Waals surface area contributed by atoms with Gasteiger partial charge in [-0.2, -0.15) is 11.1 Å². The fraction of sp³-hybridized carbons (Fsp3) is 0.250. The van der Waals surface area contributed by atoms with Gasteiger partial charge in [-0.3, -0.25) is 0 Å². The third-order valence-electron chi connectivity index (χ3n) is 5.03. The smallest absolute Gasteiger partial charge is 0.0576 e. The van der Waals surface area contributed by atoms with E-state index in [1.54, 1.807) is 0 Å². The average molecular weight is 463 g/mol. The van der Waals surface area contributed by atoms with Crippen LogP contribution in [-0.4, -0.2) is 6.19 Å². The van der Waals surface area contributed by atoms with Crippen LogP contribution in [0.3, 0.4) is 0 Å². The zero-order valence-electron chi connectivity index (χ0n) is 17.5. The molecule has 0 bridgehead atoms. The second-order valence-corrected chi connectivity index (χ2v) is 23.4. The molecule has 0 aromatic heterocycles. The molecule has 0 atom stereocenters. The van der Waals surface area contributed by atoms with Crippen LogP contribution >= 0.6 is 18.6 Å². The van der Waals surface area contributed by atoms with Crippen molar-refractivity contribution in [1.82, 2.24) is 0 Å². The molecule has 0 radical (unpaired) electrons. The minimum Gasteiger partial charge on any atom is -0.154 e. The van der Waals surface area contributed by atoms with Gasteiger partial charge in [0, 0.05) is 0 Å². The topological polar surface area (TPSA) is 0 Å². The summed E-state index contributed by atoms with van der Waals surface area (Å²) < 4.78 is 0. The van der Waals surface area contributed by atoms with Gasteiger partial charge in [-0.25, -0.2) is 0 Å². The SMILES string of the molecule is C[Si](C)=[Ti]([Cl])[Cl].Cc1[cH-]c2ccccc2c1C.Cc1[cH-]c2ccccc2c1C. The van der Waals surface area contributed by atoms with Gasteiger partial charge in [0.05, 0.1) is 0 Å². The van der Waals surface area contributed by atoms with Crippen molar-refractivity contribution in [3.05, 3.63) is 82.9 Å². The zero-order valence-corrected chi connectivity index (χ0v) is 21.6. The number of hydrogen-bond acceptors (Lipinski definition) is 0. The minimum absolute atomic E-state index is 0.254. The van der Waals surface area contributed by atoms with Crippen LogP contribution < -0.4 is 0 Å². The standard InChI is InChI=1S/2C11H11.C2H6Si.2ClH.Ti/c2*1-8-7-10-5-3-4-6-11(10)9(8)2;1-3-2;;;/h2*3-7H,1-2H3;1-2H3;2*1H;/q2*-1;;;;+2/p-2. The predicted octanol–water partition coefficient (Wildman–Crippen LogP) is 8.51. The Morgan fingerprint density at radius 1 is 0.679 bits per heavy atom. The third kappa shape index (κ3) is 6.08. The molecule has 0 nitrogen and oxygen atoms in total. The molecular weight excluding hydrogens is 435 g/mol. The van der Waals surface area contributed by atoms with Crippen molar-refractivity contribution in [2.75, 3.05) is 0 Å². The first-order valence-electron chi connectivity index (χ1n) is 9.44. The summed E-state index contributed by atoms with van der Waals surface area (Å²) >= 11 is -1.42. The van der Waals surface area contributed by atoms with Crippen molar-refractivity contribution >= 4 is 46.3 Å². The van der Waals surface area contributed by atoms with Crippen molar-refractivity contribution in [1.29, 1.82) is 0 Å². The first kappa shape index (κ1) is 23.5. The van der Waals surface area contributed by atoms with Crippen LogP contribution in [0.15, 0.2) is 60.7 Å². The van der Waals surface area contributed by atoms with Crippen molar-refractivity contribution < 1.29 is 14.5 Å². The molecule has 0 fully saturated rings. The number of halogens is 2. The predicted molar refractivity (Wildman–Crippen MR) is 127 cm³/mol. The van der Waals surface area contributed by atoms with E-state index in [2.05, 4.69) is 101 Å². The fourth-order valence-electron chi connectivity index (χ4n) is 3.04. The van der Waals surface area contributed by atoms with Gasteiger partial charge in [0.1, 0.15) is 0 Å². The van der Waals surface area contributed by atoms with Gasteiger partial charge < -0.3 is 0 Å². The molecule has 0 aliphatic heterocycles. The zero-order chi connectivity index (χ0) is 20.8. The molecule has 4 rings (SSSR count). The molecule has 28 heavy (non-hydrogen) atoms. The van der Waals surface area contributed by atoms with Crippen molar-refractivity contribution in [3.63, 3.8) is 0 Å². The summed E-state index contributed by atoms with van der Waals surface area (Å²) in [5.41, 5.74) is 5.62. The maximum atomic E-state index is 5.59. The van der Waals surface area contributed by atoms with Crippen LogP contribution in [0.1, 0.15) is 22.3 Å². The van der Waals surface area contributed by atoms with E-state index in [4.69, 9.17) is 18.6 Å². The van der Waals surface area contributed by atoms with Gasteiger partial charge >= 0.3 is 52.4 Å². The van der Waals surface area contributed by atoms with Crippen LogP contribution in [0.25, 0.3) is 21.5 Å². The van der Waals surface area contributed by atoms with Crippen molar-refractivity contribution in [3.8, 4) is 0 Å². The quantitative estimate of drug-likeness (QED) is 0.181. The van der Waals surface area contributed by atoms with Gasteiger partial charge in [-0.15, -0.1) is 81.2 Å². The summed E-state index contributed by atoms with van der Waals surface area (Å²) in [5, 5.41) is 5.51. The van der Waals surface area contributed by atoms with E-state index < -0.39 is 14.5 Å². The Balaban J connectivity index is 0.000000158. The summed E-state index contributed by atoms with van der Waals surface area (Å²) in [5.74, 6) is 0. The van der Waals surface area contributed by atoms with E-state index in [1.807, 2.05) is 0 Å². The molecule has 4 heteroatoms. The van der Waals surface area contributed by atoms with Crippen LogP contribution in [0, 0.1) is 27.7 Å². The van der Waals surface area contributed by atoms with Crippen molar-refractivity contribution in [2.24, 2.45) is 0 Å². The van der Waals surface area contributed by atoms with Crippen LogP contribution in [0.4, 0.5) is 0 Å². The molecular formula is C24H28Cl2SiTi-2. The Morgan fingerprint density at radius 2 is 1.00 bits per heavy atom. The molecule has 0 aliphatic carbocycles. The summed E-state index contributed by atoms with van der Waals surface area (Å²) in [7, 11) is 11.2. The number of hydrogen-bond donors (Lipinski definition) is 0. The van der Waals surface area contributed by atoms with Gasteiger partial charge in [0.15, 0.2) is 0 Å². The van der Waals surface area contributed by atoms with Crippen LogP contribution in [-0.2, 0) is 14.5 Å². The second-order valence-electron chi connectivity index (χ2n) is 7.34. The van der Waals surface area contributed by atoms with E-state index in [1.165, 1.54) is 43.8 Å². The van der Waals surface area contributed by atoms with Gasteiger partial charge in [0.25, 0.3) is 0 Å². The van der Waals surface area contributed by atoms with Crippen LogP contribution in [0.5, 0.6) is 0 Å². The fourth-order valence-corrected chi connectivity index (χ4v) is 3.04. The number of benzene rings is 2. The molecule has 4 aromatic rings. The first-order chi connectivity index (χ1) is 13.2. The molecule has 4 aromatic carbocycles. The largest absolute Gasteiger partial charge is 0.154 e. The van der Waals surface area contributed by atoms with E-state index in [9.17, 15) is 0 Å². The molecule has 0 saturated carbocycles. The van der Waals surface area contributed by atoms with Gasteiger partial charge in [-0.05, 0) is 0 Å². The molecule has 0 amide bonds. The minimum atomic E-state index is -1.42. The molecule has 148 valence electrons. The maximum Gasteiger partial charge on any atom is -0.0576 e. The molecule has 0 unspecified atom stereocenters. The monoisotopic (exact) mass is 462 g/mol. The normalized spacial score (nSPS) is 10.1. The first-order valence-corrected chi connectivity index (χ1v) is 18.6. The Kier molecular flexibility index (Phi) is 9.05. The summed E-state index contributed by atoms with van der Waals surface area (Å²) in [6.07, 6.45) is -0.254.